The van der Waals surface area contributed by atoms with Crippen molar-refractivity contribution < 1.29 is 14.0 Å². The molecule has 0 radical (unpaired) electrons. The Balaban J connectivity index is 1.77. The summed E-state index contributed by atoms with van der Waals surface area (Å²) in [5.41, 5.74) is 2.83. The highest BCUT2D eigenvalue weighted by Gasteiger charge is 2.34. The molecule has 1 aliphatic rings. The molecule has 1 N–H and O–H groups in total. The smallest absolute Gasteiger partial charge is 0.243 e. The predicted octanol–water partition coefficient (Wildman–Crippen LogP) is 4.20. The van der Waals surface area contributed by atoms with E-state index in [9.17, 15) is 14.0 Å². The van der Waals surface area contributed by atoms with Gasteiger partial charge in [0.25, 0.3) is 0 Å². The zero-order valence-corrected chi connectivity index (χ0v) is 17.6. The second kappa shape index (κ2) is 8.86. The lowest BCUT2D eigenvalue weighted by molar-refractivity contribution is -0.142. The second-order valence-electron chi connectivity index (χ2n) is 7.60. The quantitative estimate of drug-likeness (QED) is 0.747. The lowest BCUT2D eigenvalue weighted by Crippen LogP contribution is -2.52. The van der Waals surface area contributed by atoms with E-state index >= 15 is 0 Å². The van der Waals surface area contributed by atoms with Crippen LogP contribution >= 0.6 is 15.9 Å². The van der Waals surface area contributed by atoms with Crippen molar-refractivity contribution in [2.24, 2.45) is 5.92 Å². The molecule has 148 valence electrons. The first-order valence-electron chi connectivity index (χ1n) is 9.42. The molecular formula is C22H24BrFN2O2. The summed E-state index contributed by atoms with van der Waals surface area (Å²) in [7, 11) is 0. The third-order valence-electron chi connectivity index (χ3n) is 4.84. The fourth-order valence-corrected chi connectivity index (χ4v) is 4.02. The molecule has 4 nitrogen and oxygen atoms in total. The Bertz CT molecular complexity index is 864. The van der Waals surface area contributed by atoms with E-state index < -0.39 is 6.04 Å². The van der Waals surface area contributed by atoms with Crippen molar-refractivity contribution in [3.05, 3.63) is 69.4 Å². The van der Waals surface area contributed by atoms with E-state index in [1.54, 1.807) is 11.0 Å². The normalized spacial score (nSPS) is 16.0. The molecule has 0 saturated heterocycles. The Morgan fingerprint density at radius 3 is 2.61 bits per heavy atom. The Morgan fingerprint density at radius 1 is 1.21 bits per heavy atom. The maximum absolute atomic E-state index is 13.6. The summed E-state index contributed by atoms with van der Waals surface area (Å²) < 4.78 is 14.2. The number of nitrogens with zero attached hydrogens (tertiary/aromatic N) is 1. The first-order valence-corrected chi connectivity index (χ1v) is 10.2. The number of carbonyl (C=O) groups is 2. The molecule has 1 aliphatic heterocycles. The molecule has 3 rings (SSSR count). The molecule has 0 saturated carbocycles. The first kappa shape index (κ1) is 20.5. The summed E-state index contributed by atoms with van der Waals surface area (Å²) in [6, 6.07) is 11.9. The van der Waals surface area contributed by atoms with Crippen LogP contribution in [0.4, 0.5) is 4.39 Å². The van der Waals surface area contributed by atoms with Crippen LogP contribution in [0.15, 0.2) is 46.9 Å². The number of hydrogen-bond acceptors (Lipinski definition) is 2. The zero-order valence-electron chi connectivity index (χ0n) is 16.0. The van der Waals surface area contributed by atoms with Gasteiger partial charge in [0.05, 0.1) is 0 Å². The van der Waals surface area contributed by atoms with Gasteiger partial charge in [-0.05, 0) is 40.8 Å². The van der Waals surface area contributed by atoms with E-state index in [1.807, 2.05) is 38.1 Å². The highest BCUT2D eigenvalue weighted by molar-refractivity contribution is 9.10. The van der Waals surface area contributed by atoms with E-state index in [-0.39, 0.29) is 30.1 Å². The van der Waals surface area contributed by atoms with Gasteiger partial charge in [-0.3, -0.25) is 9.59 Å². The molecule has 1 unspecified atom stereocenters. The number of nitrogens with one attached hydrogen (secondary N) is 1. The zero-order chi connectivity index (χ0) is 20.3. The molecule has 2 aromatic rings. The van der Waals surface area contributed by atoms with Gasteiger partial charge in [0, 0.05) is 30.4 Å². The van der Waals surface area contributed by atoms with Crippen molar-refractivity contribution in [3.8, 4) is 0 Å². The van der Waals surface area contributed by atoms with Gasteiger partial charge in [-0.25, -0.2) is 4.39 Å². The van der Waals surface area contributed by atoms with Crippen LogP contribution in [0.2, 0.25) is 0 Å². The van der Waals surface area contributed by atoms with Gasteiger partial charge >= 0.3 is 0 Å². The van der Waals surface area contributed by atoms with Gasteiger partial charge in [-0.15, -0.1) is 0 Å². The summed E-state index contributed by atoms with van der Waals surface area (Å²) in [6.45, 7) is 4.63. The van der Waals surface area contributed by atoms with E-state index in [0.717, 1.165) is 11.1 Å². The van der Waals surface area contributed by atoms with E-state index in [1.165, 1.54) is 12.1 Å². The largest absolute Gasteiger partial charge is 0.350 e. The van der Waals surface area contributed by atoms with Crippen LogP contribution in [0.3, 0.4) is 0 Å². The average molecular weight is 447 g/mol. The van der Waals surface area contributed by atoms with Crippen molar-refractivity contribution >= 4 is 27.7 Å². The van der Waals surface area contributed by atoms with Crippen molar-refractivity contribution in [2.45, 2.75) is 45.8 Å². The average Bonchev–Trinajstić information content (AvgIpc) is 2.63. The number of benzene rings is 2. The molecule has 28 heavy (non-hydrogen) atoms. The van der Waals surface area contributed by atoms with Crippen LogP contribution in [0.1, 0.15) is 37.0 Å². The third-order valence-corrected chi connectivity index (χ3v) is 5.30. The molecule has 0 fully saturated rings. The molecule has 1 heterocycles. The van der Waals surface area contributed by atoms with Crippen molar-refractivity contribution in [3.63, 3.8) is 0 Å². The first-order chi connectivity index (χ1) is 13.3. The summed E-state index contributed by atoms with van der Waals surface area (Å²) in [4.78, 5) is 27.4. The van der Waals surface area contributed by atoms with Gasteiger partial charge in [0.2, 0.25) is 11.8 Å². The molecular weight excluding hydrogens is 423 g/mol. The molecule has 0 bridgehead atoms. The fraction of sp³-hybridized carbons (Fsp3) is 0.364. The minimum Gasteiger partial charge on any atom is -0.350 e. The molecule has 6 heteroatoms. The van der Waals surface area contributed by atoms with Crippen molar-refractivity contribution in [1.82, 2.24) is 10.2 Å². The highest BCUT2D eigenvalue weighted by atomic mass is 79.9. The lowest BCUT2D eigenvalue weighted by Gasteiger charge is -2.36. The Hall–Kier alpha value is -2.21. The van der Waals surface area contributed by atoms with Crippen LogP contribution in [0.5, 0.6) is 0 Å². The summed E-state index contributed by atoms with van der Waals surface area (Å²) >= 11 is 3.26. The summed E-state index contributed by atoms with van der Waals surface area (Å²) in [6.07, 6.45) is 0.890. The Morgan fingerprint density at radius 2 is 1.93 bits per heavy atom. The number of halogens is 2. The monoisotopic (exact) mass is 446 g/mol. The Labute approximate surface area is 173 Å². The van der Waals surface area contributed by atoms with E-state index in [0.29, 0.717) is 29.4 Å². The minimum atomic E-state index is -0.557. The standard InChI is InChI=1S/C22H24BrFN2O2/c1-14(2)7-21(27)26-13-17-6-4-3-5-16(17)10-20(26)22(28)25-12-15-8-18(23)11-19(24)9-15/h3-6,8-9,11,14,20H,7,10,12-13H2,1-2H3,(H,25,28). The van der Waals surface area contributed by atoms with Crippen LogP contribution in [0.25, 0.3) is 0 Å². The number of hydrogen-bond donors (Lipinski definition) is 1. The molecule has 2 amide bonds. The van der Waals surface area contributed by atoms with Gasteiger partial charge < -0.3 is 10.2 Å². The SMILES string of the molecule is CC(C)CC(=O)N1Cc2ccccc2CC1C(=O)NCc1cc(F)cc(Br)c1. The molecule has 2 aromatic carbocycles. The van der Waals surface area contributed by atoms with Crippen molar-refractivity contribution in [2.75, 3.05) is 0 Å². The molecule has 0 aliphatic carbocycles. The van der Waals surface area contributed by atoms with Crippen molar-refractivity contribution in [1.29, 1.82) is 0 Å². The van der Waals surface area contributed by atoms with E-state index in [4.69, 9.17) is 0 Å². The second-order valence-corrected chi connectivity index (χ2v) is 8.52. The number of amides is 2. The van der Waals surface area contributed by atoms with Crippen LogP contribution in [-0.4, -0.2) is 22.8 Å². The predicted molar refractivity (Wildman–Crippen MR) is 110 cm³/mol. The van der Waals surface area contributed by atoms with Gasteiger partial charge in [-0.1, -0.05) is 54.0 Å². The maximum atomic E-state index is 13.6. The maximum Gasteiger partial charge on any atom is 0.243 e. The minimum absolute atomic E-state index is 0.0156. The summed E-state index contributed by atoms with van der Waals surface area (Å²) in [5, 5.41) is 2.87. The van der Waals surface area contributed by atoms with Gasteiger partial charge in [-0.2, -0.15) is 0 Å². The topological polar surface area (TPSA) is 49.4 Å². The van der Waals surface area contributed by atoms with Crippen LogP contribution in [0, 0.1) is 11.7 Å². The molecule has 0 aromatic heterocycles. The number of carbonyl (C=O) groups excluding carboxylic acids is 2. The van der Waals surface area contributed by atoms with Gasteiger partial charge in [0.15, 0.2) is 0 Å². The van der Waals surface area contributed by atoms with E-state index in [2.05, 4.69) is 21.2 Å². The lowest BCUT2D eigenvalue weighted by atomic mass is 9.92. The molecule has 1 atom stereocenters. The Kier molecular flexibility index (Phi) is 6.50. The van der Waals surface area contributed by atoms with Crippen LogP contribution < -0.4 is 5.32 Å². The van der Waals surface area contributed by atoms with Gasteiger partial charge in [0.1, 0.15) is 11.9 Å². The number of rotatable bonds is 5. The highest BCUT2D eigenvalue weighted by Crippen LogP contribution is 2.25. The number of fused-ring (bicyclic) bond motifs is 1. The third kappa shape index (κ3) is 4.98. The molecule has 0 spiro atoms. The van der Waals surface area contributed by atoms with Crippen LogP contribution in [-0.2, 0) is 29.1 Å². The fourth-order valence-electron chi connectivity index (χ4n) is 3.51. The summed E-state index contributed by atoms with van der Waals surface area (Å²) in [5.74, 6) is -0.373.